The van der Waals surface area contributed by atoms with Crippen LogP contribution in [0.4, 0.5) is 0 Å². The third kappa shape index (κ3) is 2.31. The van der Waals surface area contributed by atoms with E-state index < -0.39 is 12.0 Å². The molecule has 0 radical (unpaired) electrons. The Kier molecular flexibility index (Phi) is 3.53. The van der Waals surface area contributed by atoms with Crippen molar-refractivity contribution in [2.24, 2.45) is 5.92 Å². The molecule has 0 aliphatic carbocycles. The molecule has 1 atom stereocenters. The van der Waals surface area contributed by atoms with Gasteiger partial charge in [0.2, 0.25) is 0 Å². The van der Waals surface area contributed by atoms with Crippen molar-refractivity contribution in [3.63, 3.8) is 0 Å². The van der Waals surface area contributed by atoms with Gasteiger partial charge in [0, 0.05) is 0 Å². The second-order valence-electron chi connectivity index (χ2n) is 4.68. The predicted octanol–water partition coefficient (Wildman–Crippen LogP) is 2.34. The van der Waals surface area contributed by atoms with Crippen LogP contribution in [0, 0.1) is 10.7 Å². The number of nitrogens with one attached hydrogen (secondary N) is 1. The number of carboxylic acids is 1. The van der Waals surface area contributed by atoms with Crippen LogP contribution in [-0.4, -0.2) is 20.6 Å². The van der Waals surface area contributed by atoms with Crippen molar-refractivity contribution in [3.05, 3.63) is 39.4 Å². The van der Waals surface area contributed by atoms with E-state index in [1.165, 1.54) is 0 Å². The van der Waals surface area contributed by atoms with Crippen LogP contribution >= 0.6 is 12.2 Å². The minimum Gasteiger partial charge on any atom is -0.480 e. The molecular weight excluding hydrogens is 264 g/mol. The number of aromatic nitrogens is 2. The van der Waals surface area contributed by atoms with Crippen molar-refractivity contribution in [2.75, 3.05) is 0 Å². The zero-order chi connectivity index (χ0) is 14.2. The maximum absolute atomic E-state index is 12.4. The first kappa shape index (κ1) is 13.5. The van der Waals surface area contributed by atoms with Crippen LogP contribution in [0.5, 0.6) is 0 Å². The number of para-hydroxylation sites is 1. The summed E-state index contributed by atoms with van der Waals surface area (Å²) in [4.78, 5) is 26.7. The third-order valence-electron chi connectivity index (χ3n) is 3.00. The van der Waals surface area contributed by atoms with Gasteiger partial charge in [0.15, 0.2) is 4.77 Å². The van der Waals surface area contributed by atoms with Gasteiger partial charge in [-0.15, -0.1) is 0 Å². The topological polar surface area (TPSA) is 75.1 Å². The number of nitrogens with zero attached hydrogens (tertiary/aromatic N) is 1. The van der Waals surface area contributed by atoms with Crippen molar-refractivity contribution in [1.29, 1.82) is 0 Å². The van der Waals surface area contributed by atoms with Gasteiger partial charge in [-0.2, -0.15) is 0 Å². The van der Waals surface area contributed by atoms with Crippen LogP contribution in [-0.2, 0) is 4.79 Å². The van der Waals surface area contributed by atoms with E-state index in [-0.39, 0.29) is 16.2 Å². The molecule has 2 rings (SSSR count). The lowest BCUT2D eigenvalue weighted by Gasteiger charge is -2.19. The van der Waals surface area contributed by atoms with E-state index in [9.17, 15) is 14.7 Å². The fraction of sp³-hybridized carbons (Fsp3) is 0.308. The van der Waals surface area contributed by atoms with E-state index in [2.05, 4.69) is 4.98 Å². The molecule has 5 nitrogen and oxygen atoms in total. The monoisotopic (exact) mass is 278 g/mol. The summed E-state index contributed by atoms with van der Waals surface area (Å²) in [7, 11) is 0. The fourth-order valence-electron chi connectivity index (χ4n) is 2.12. The van der Waals surface area contributed by atoms with E-state index >= 15 is 0 Å². The van der Waals surface area contributed by atoms with Gasteiger partial charge in [-0.05, 0) is 30.3 Å². The number of aromatic amines is 1. The Morgan fingerprint density at radius 3 is 2.58 bits per heavy atom. The van der Waals surface area contributed by atoms with Crippen LogP contribution < -0.4 is 5.56 Å². The lowest BCUT2D eigenvalue weighted by atomic mass is 10.0. The normalized spacial score (nSPS) is 12.8. The van der Waals surface area contributed by atoms with Gasteiger partial charge in [0.1, 0.15) is 6.04 Å². The number of fused-ring (bicyclic) bond motifs is 1. The summed E-state index contributed by atoms with van der Waals surface area (Å²) in [5.74, 6) is -1.31. The van der Waals surface area contributed by atoms with Crippen molar-refractivity contribution in [2.45, 2.75) is 19.9 Å². The molecule has 1 aromatic carbocycles. The van der Waals surface area contributed by atoms with E-state index in [4.69, 9.17) is 12.2 Å². The number of carboxylic acid groups (broad SMARTS) is 1. The highest BCUT2D eigenvalue weighted by Gasteiger charge is 2.26. The van der Waals surface area contributed by atoms with E-state index in [1.54, 1.807) is 38.1 Å². The summed E-state index contributed by atoms with van der Waals surface area (Å²) in [5, 5.41) is 9.73. The highest BCUT2D eigenvalue weighted by molar-refractivity contribution is 7.71. The smallest absolute Gasteiger partial charge is 0.327 e. The first-order valence-electron chi connectivity index (χ1n) is 5.90. The molecule has 19 heavy (non-hydrogen) atoms. The summed E-state index contributed by atoms with van der Waals surface area (Å²) >= 11 is 5.13. The molecule has 0 aliphatic heterocycles. The number of carbonyl (C=O) groups is 1. The third-order valence-corrected chi connectivity index (χ3v) is 3.30. The molecule has 0 bridgehead atoms. The van der Waals surface area contributed by atoms with Crippen LogP contribution in [0.25, 0.3) is 10.9 Å². The van der Waals surface area contributed by atoms with Crippen LogP contribution in [0.2, 0.25) is 0 Å². The molecule has 0 saturated heterocycles. The van der Waals surface area contributed by atoms with Gasteiger partial charge in [0.25, 0.3) is 5.56 Å². The minimum atomic E-state index is -1.06. The van der Waals surface area contributed by atoms with Gasteiger partial charge >= 0.3 is 5.97 Å². The number of aliphatic carboxylic acids is 1. The number of hydrogen-bond donors (Lipinski definition) is 2. The summed E-state index contributed by atoms with van der Waals surface area (Å²) in [5.41, 5.74) is 0.238. The number of rotatable bonds is 3. The van der Waals surface area contributed by atoms with E-state index in [0.717, 1.165) is 4.57 Å². The molecule has 2 aromatic rings. The second-order valence-corrected chi connectivity index (χ2v) is 5.06. The molecule has 1 aromatic heterocycles. The van der Waals surface area contributed by atoms with Gasteiger partial charge in [-0.3, -0.25) is 9.36 Å². The van der Waals surface area contributed by atoms with E-state index in [0.29, 0.717) is 10.9 Å². The van der Waals surface area contributed by atoms with Gasteiger partial charge in [-0.1, -0.05) is 26.0 Å². The average Bonchev–Trinajstić information content (AvgIpc) is 2.33. The Morgan fingerprint density at radius 2 is 2.00 bits per heavy atom. The molecule has 1 heterocycles. The van der Waals surface area contributed by atoms with Gasteiger partial charge < -0.3 is 10.1 Å². The van der Waals surface area contributed by atoms with E-state index in [1.807, 2.05) is 0 Å². The first-order valence-corrected chi connectivity index (χ1v) is 6.30. The SMILES string of the molecule is CC(C)[C@H](C(=O)O)n1c(=S)[nH]c2ccccc2c1=O. The molecule has 6 heteroatoms. The maximum Gasteiger partial charge on any atom is 0.327 e. The first-order chi connectivity index (χ1) is 8.93. The van der Waals surface area contributed by atoms with Crippen molar-refractivity contribution < 1.29 is 9.90 Å². The zero-order valence-electron chi connectivity index (χ0n) is 10.6. The van der Waals surface area contributed by atoms with Crippen LogP contribution in [0.1, 0.15) is 19.9 Å². The standard InChI is InChI=1S/C13H14N2O3S/c1-7(2)10(12(17)18)15-11(16)8-5-3-4-6-9(8)14-13(15)19/h3-7,10H,1-2H3,(H,14,19)(H,17,18)/t10-/m1/s1. The molecule has 100 valence electrons. The molecule has 0 amide bonds. The lowest BCUT2D eigenvalue weighted by Crippen LogP contribution is -2.34. The molecule has 0 unspecified atom stereocenters. The van der Waals surface area contributed by atoms with Crippen LogP contribution in [0.15, 0.2) is 29.1 Å². The molecule has 0 spiro atoms. The summed E-state index contributed by atoms with van der Waals surface area (Å²) in [6.45, 7) is 3.49. The molecule has 0 saturated carbocycles. The summed E-state index contributed by atoms with van der Waals surface area (Å²) < 4.78 is 1.27. The predicted molar refractivity (Wildman–Crippen MR) is 74.9 cm³/mol. The number of benzene rings is 1. The van der Waals surface area contributed by atoms with Crippen molar-refractivity contribution in [3.8, 4) is 0 Å². The highest BCUT2D eigenvalue weighted by atomic mass is 32.1. The van der Waals surface area contributed by atoms with Crippen molar-refractivity contribution >= 4 is 29.1 Å². The lowest BCUT2D eigenvalue weighted by molar-refractivity contribution is -0.142. The Labute approximate surface area is 114 Å². The molecular formula is C13H14N2O3S. The highest BCUT2D eigenvalue weighted by Crippen LogP contribution is 2.18. The number of H-pyrrole nitrogens is 1. The quantitative estimate of drug-likeness (QED) is 0.845. The molecule has 2 N–H and O–H groups in total. The van der Waals surface area contributed by atoms with Gasteiger partial charge in [-0.25, -0.2) is 4.79 Å². The second kappa shape index (κ2) is 4.97. The average molecular weight is 278 g/mol. The Morgan fingerprint density at radius 1 is 1.37 bits per heavy atom. The van der Waals surface area contributed by atoms with Gasteiger partial charge in [0.05, 0.1) is 10.9 Å². The summed E-state index contributed by atoms with van der Waals surface area (Å²) in [6, 6.07) is 5.94. The minimum absolute atomic E-state index is 0.129. The molecule has 0 aliphatic rings. The Bertz CT molecular complexity index is 745. The van der Waals surface area contributed by atoms with Crippen LogP contribution in [0.3, 0.4) is 0 Å². The van der Waals surface area contributed by atoms with Crippen molar-refractivity contribution in [1.82, 2.24) is 9.55 Å². The Balaban J connectivity index is 2.84. The number of hydrogen-bond acceptors (Lipinski definition) is 3. The largest absolute Gasteiger partial charge is 0.480 e. The summed E-state index contributed by atoms with van der Waals surface area (Å²) in [6.07, 6.45) is 0. The zero-order valence-corrected chi connectivity index (χ0v) is 11.4. The fourth-order valence-corrected chi connectivity index (χ4v) is 2.43. The maximum atomic E-state index is 12.4. The Hall–Kier alpha value is -1.95. The molecule has 0 fully saturated rings.